The first-order valence-electron chi connectivity index (χ1n) is 3.90. The minimum absolute atomic E-state index is 0.714. The molecule has 3 heteroatoms. The zero-order valence-electron chi connectivity index (χ0n) is 6.85. The molecule has 0 radical (unpaired) electrons. The summed E-state index contributed by atoms with van der Waals surface area (Å²) >= 11 is 4.99. The normalized spacial score (nSPS) is 14.6. The monoisotopic (exact) mass is 178 g/mol. The molecule has 1 heterocycles. The number of hydrogen-bond acceptors (Lipinski definition) is 1. The van der Waals surface area contributed by atoms with Crippen molar-refractivity contribution >= 4 is 23.0 Å². The molecule has 1 aromatic carbocycles. The Morgan fingerprint density at radius 3 is 3.08 bits per heavy atom. The van der Waals surface area contributed by atoms with Crippen LogP contribution in [-0.2, 0) is 6.54 Å². The van der Waals surface area contributed by atoms with Crippen molar-refractivity contribution in [2.75, 3.05) is 5.32 Å². The van der Waals surface area contributed by atoms with Crippen LogP contribution in [0.2, 0.25) is 0 Å². The van der Waals surface area contributed by atoms with Gasteiger partial charge in [0, 0.05) is 12.2 Å². The van der Waals surface area contributed by atoms with Gasteiger partial charge in [0.15, 0.2) is 5.11 Å². The van der Waals surface area contributed by atoms with Crippen molar-refractivity contribution in [3.8, 4) is 0 Å². The summed E-state index contributed by atoms with van der Waals surface area (Å²) < 4.78 is 0. The number of thiocarbonyl (C=S) groups is 1. The molecule has 0 unspecified atom stereocenters. The number of nitrogens with one attached hydrogen (secondary N) is 2. The standard InChI is InChI=1S/C9H10N2S/c1-6-2-3-8-7(4-6)5-10-9(12)11-8/h2-4H,5H2,1H3,(H2,10,11,12). The molecule has 1 aliphatic heterocycles. The number of benzene rings is 1. The zero-order valence-corrected chi connectivity index (χ0v) is 7.66. The van der Waals surface area contributed by atoms with Crippen LogP contribution >= 0.6 is 12.2 Å². The van der Waals surface area contributed by atoms with Gasteiger partial charge in [-0.3, -0.25) is 0 Å². The van der Waals surface area contributed by atoms with Gasteiger partial charge in [-0.1, -0.05) is 17.7 Å². The van der Waals surface area contributed by atoms with E-state index in [4.69, 9.17) is 12.2 Å². The summed E-state index contributed by atoms with van der Waals surface area (Å²) in [5.74, 6) is 0. The lowest BCUT2D eigenvalue weighted by atomic mass is 10.1. The van der Waals surface area contributed by atoms with E-state index in [-0.39, 0.29) is 0 Å². The molecular weight excluding hydrogens is 168 g/mol. The van der Waals surface area contributed by atoms with E-state index in [2.05, 4.69) is 35.8 Å². The summed E-state index contributed by atoms with van der Waals surface area (Å²) in [6.45, 7) is 2.93. The van der Waals surface area contributed by atoms with Crippen LogP contribution in [0.1, 0.15) is 11.1 Å². The summed E-state index contributed by atoms with van der Waals surface area (Å²) in [5, 5.41) is 6.91. The van der Waals surface area contributed by atoms with Crippen LogP contribution in [0, 0.1) is 6.92 Å². The van der Waals surface area contributed by atoms with Crippen LogP contribution in [0.25, 0.3) is 0 Å². The first kappa shape index (κ1) is 7.55. The highest BCUT2D eigenvalue weighted by Crippen LogP contribution is 2.19. The predicted molar refractivity (Wildman–Crippen MR) is 54.2 cm³/mol. The van der Waals surface area contributed by atoms with Crippen LogP contribution < -0.4 is 10.6 Å². The number of hydrogen-bond donors (Lipinski definition) is 2. The third-order valence-corrected chi connectivity index (χ3v) is 2.19. The van der Waals surface area contributed by atoms with E-state index in [0.29, 0.717) is 5.11 Å². The summed E-state index contributed by atoms with van der Waals surface area (Å²) in [6.07, 6.45) is 0. The maximum atomic E-state index is 4.99. The Labute approximate surface area is 77.0 Å². The fourth-order valence-electron chi connectivity index (χ4n) is 1.33. The molecule has 0 saturated heterocycles. The van der Waals surface area contributed by atoms with Gasteiger partial charge in [0.2, 0.25) is 0 Å². The lowest BCUT2D eigenvalue weighted by molar-refractivity contribution is 0.907. The average Bonchev–Trinajstić information content (AvgIpc) is 2.05. The van der Waals surface area contributed by atoms with Gasteiger partial charge in [-0.05, 0) is 30.8 Å². The van der Waals surface area contributed by atoms with Crippen LogP contribution in [-0.4, -0.2) is 5.11 Å². The van der Waals surface area contributed by atoms with Crippen LogP contribution in [0.15, 0.2) is 18.2 Å². The molecule has 0 spiro atoms. The van der Waals surface area contributed by atoms with Crippen LogP contribution in [0.5, 0.6) is 0 Å². The zero-order chi connectivity index (χ0) is 8.55. The highest BCUT2D eigenvalue weighted by molar-refractivity contribution is 7.80. The maximum Gasteiger partial charge on any atom is 0.171 e. The van der Waals surface area contributed by atoms with E-state index in [1.54, 1.807) is 0 Å². The Kier molecular flexibility index (Phi) is 1.73. The van der Waals surface area contributed by atoms with Gasteiger partial charge >= 0.3 is 0 Å². The lowest BCUT2D eigenvalue weighted by Crippen LogP contribution is -2.33. The Hall–Kier alpha value is -1.09. The Bertz CT molecular complexity index is 333. The van der Waals surface area contributed by atoms with Crippen molar-refractivity contribution in [1.82, 2.24) is 5.32 Å². The molecule has 1 aliphatic rings. The SMILES string of the molecule is Cc1ccc2c(c1)CNC(=S)N2. The van der Waals surface area contributed by atoms with E-state index in [0.717, 1.165) is 12.2 Å². The molecule has 0 bridgehead atoms. The van der Waals surface area contributed by atoms with Gasteiger partial charge in [0.1, 0.15) is 0 Å². The second kappa shape index (κ2) is 2.75. The Morgan fingerprint density at radius 1 is 1.42 bits per heavy atom. The molecule has 1 aromatic rings. The summed E-state index contributed by atoms with van der Waals surface area (Å²) in [6, 6.07) is 6.31. The highest BCUT2D eigenvalue weighted by atomic mass is 32.1. The van der Waals surface area contributed by atoms with Gasteiger partial charge in [-0.25, -0.2) is 0 Å². The third-order valence-electron chi connectivity index (χ3n) is 1.95. The van der Waals surface area contributed by atoms with Gasteiger partial charge in [0.25, 0.3) is 0 Å². The molecule has 0 saturated carbocycles. The second-order valence-corrected chi connectivity index (χ2v) is 3.38. The first-order chi connectivity index (χ1) is 5.75. The van der Waals surface area contributed by atoms with Crippen molar-refractivity contribution in [3.05, 3.63) is 29.3 Å². The van der Waals surface area contributed by atoms with Gasteiger partial charge in [-0.15, -0.1) is 0 Å². The van der Waals surface area contributed by atoms with E-state index in [1.165, 1.54) is 11.1 Å². The predicted octanol–water partition coefficient (Wildman–Crippen LogP) is 1.80. The molecule has 62 valence electrons. The summed E-state index contributed by atoms with van der Waals surface area (Å²) in [4.78, 5) is 0. The minimum atomic E-state index is 0.714. The van der Waals surface area contributed by atoms with Gasteiger partial charge in [0.05, 0.1) is 0 Å². The molecule has 0 aromatic heterocycles. The van der Waals surface area contributed by atoms with Crippen molar-refractivity contribution in [1.29, 1.82) is 0 Å². The fraction of sp³-hybridized carbons (Fsp3) is 0.222. The third kappa shape index (κ3) is 1.28. The molecule has 2 rings (SSSR count). The smallest absolute Gasteiger partial charge is 0.171 e. The Balaban J connectivity index is 2.43. The summed E-state index contributed by atoms with van der Waals surface area (Å²) in [7, 11) is 0. The molecule has 0 atom stereocenters. The average molecular weight is 178 g/mol. The largest absolute Gasteiger partial charge is 0.358 e. The summed E-state index contributed by atoms with van der Waals surface area (Å²) in [5.41, 5.74) is 3.69. The quantitative estimate of drug-likeness (QED) is 0.592. The number of rotatable bonds is 0. The number of fused-ring (bicyclic) bond motifs is 1. The molecule has 0 aliphatic carbocycles. The first-order valence-corrected chi connectivity index (χ1v) is 4.31. The van der Waals surface area contributed by atoms with Crippen molar-refractivity contribution in [3.63, 3.8) is 0 Å². The molecule has 2 N–H and O–H groups in total. The van der Waals surface area contributed by atoms with Gasteiger partial charge < -0.3 is 10.6 Å². The molecular formula is C9H10N2S. The van der Waals surface area contributed by atoms with Crippen molar-refractivity contribution in [2.24, 2.45) is 0 Å². The van der Waals surface area contributed by atoms with E-state index in [1.807, 2.05) is 0 Å². The van der Waals surface area contributed by atoms with E-state index >= 15 is 0 Å². The topological polar surface area (TPSA) is 24.1 Å². The maximum absolute atomic E-state index is 4.99. The van der Waals surface area contributed by atoms with Gasteiger partial charge in [-0.2, -0.15) is 0 Å². The van der Waals surface area contributed by atoms with Crippen LogP contribution in [0.3, 0.4) is 0 Å². The fourth-order valence-corrected chi connectivity index (χ4v) is 1.51. The second-order valence-electron chi connectivity index (χ2n) is 2.97. The van der Waals surface area contributed by atoms with E-state index in [9.17, 15) is 0 Å². The van der Waals surface area contributed by atoms with Crippen LogP contribution in [0.4, 0.5) is 5.69 Å². The Morgan fingerprint density at radius 2 is 2.25 bits per heavy atom. The van der Waals surface area contributed by atoms with Crippen molar-refractivity contribution < 1.29 is 0 Å². The molecule has 0 amide bonds. The minimum Gasteiger partial charge on any atom is -0.358 e. The van der Waals surface area contributed by atoms with Crippen molar-refractivity contribution in [2.45, 2.75) is 13.5 Å². The molecule has 0 fully saturated rings. The molecule has 12 heavy (non-hydrogen) atoms. The molecule has 2 nitrogen and oxygen atoms in total. The number of aryl methyl sites for hydroxylation is 1. The van der Waals surface area contributed by atoms with E-state index < -0.39 is 0 Å². The lowest BCUT2D eigenvalue weighted by Gasteiger charge is -2.20. The number of anilines is 1. The highest BCUT2D eigenvalue weighted by Gasteiger charge is 2.09.